The molecule has 0 aromatic carbocycles. The lowest BCUT2D eigenvalue weighted by atomic mass is 10.0. The van der Waals surface area contributed by atoms with Gasteiger partial charge in [0, 0.05) is 6.42 Å². The summed E-state index contributed by atoms with van der Waals surface area (Å²) >= 11 is 0. The standard InChI is InChI=1S/C40H77NO3/c1-3-5-7-9-11-13-15-17-19-20-22-23-25-27-29-31-33-35-39(43)38(37-42)41-40(44)36-34-32-30-28-26-24-21-18-16-14-12-10-8-6-4-2/h18,21,33,35,38-39,42-43H,3-17,19-20,22-32,34,36-37H2,1-2H3,(H,41,44)/b21-18+,35-33+/t38-,39+/m0/s1. The monoisotopic (exact) mass is 620 g/mol. The molecule has 4 nitrogen and oxygen atoms in total. The van der Waals surface area contributed by atoms with Crippen molar-refractivity contribution in [2.75, 3.05) is 6.61 Å². The van der Waals surface area contributed by atoms with Gasteiger partial charge in [-0.25, -0.2) is 0 Å². The van der Waals surface area contributed by atoms with Crippen molar-refractivity contribution in [1.29, 1.82) is 0 Å². The Labute approximate surface area is 275 Å². The van der Waals surface area contributed by atoms with Crippen LogP contribution in [0.5, 0.6) is 0 Å². The van der Waals surface area contributed by atoms with Crippen LogP contribution in [0.2, 0.25) is 0 Å². The molecule has 0 aromatic rings. The minimum absolute atomic E-state index is 0.0727. The molecule has 0 saturated carbocycles. The topological polar surface area (TPSA) is 69.6 Å². The fourth-order valence-corrected chi connectivity index (χ4v) is 5.88. The molecule has 2 atom stereocenters. The van der Waals surface area contributed by atoms with E-state index < -0.39 is 12.1 Å². The molecular weight excluding hydrogens is 542 g/mol. The highest BCUT2D eigenvalue weighted by Crippen LogP contribution is 2.14. The lowest BCUT2D eigenvalue weighted by Gasteiger charge is -2.20. The van der Waals surface area contributed by atoms with Gasteiger partial charge in [-0.05, 0) is 44.9 Å². The van der Waals surface area contributed by atoms with Crippen LogP contribution >= 0.6 is 0 Å². The number of hydrogen-bond acceptors (Lipinski definition) is 3. The molecule has 0 fully saturated rings. The quantitative estimate of drug-likeness (QED) is 0.0488. The maximum atomic E-state index is 12.3. The Morgan fingerprint density at radius 3 is 1.25 bits per heavy atom. The first-order valence-electron chi connectivity index (χ1n) is 19.6. The fourth-order valence-electron chi connectivity index (χ4n) is 5.88. The second-order valence-electron chi connectivity index (χ2n) is 13.3. The van der Waals surface area contributed by atoms with Crippen molar-refractivity contribution in [3.8, 4) is 0 Å². The molecule has 44 heavy (non-hydrogen) atoms. The Bertz CT molecular complexity index is 632. The predicted molar refractivity (Wildman–Crippen MR) is 193 cm³/mol. The molecular formula is C40H77NO3. The van der Waals surface area contributed by atoms with E-state index in [2.05, 4.69) is 31.3 Å². The molecule has 0 aliphatic carbocycles. The molecule has 0 spiro atoms. The lowest BCUT2D eigenvalue weighted by molar-refractivity contribution is -0.123. The summed E-state index contributed by atoms with van der Waals surface area (Å²) in [7, 11) is 0. The van der Waals surface area contributed by atoms with Crippen molar-refractivity contribution >= 4 is 5.91 Å². The highest BCUT2D eigenvalue weighted by molar-refractivity contribution is 5.76. The first-order valence-corrected chi connectivity index (χ1v) is 19.6. The molecule has 0 heterocycles. The first kappa shape index (κ1) is 42.9. The van der Waals surface area contributed by atoms with Gasteiger partial charge in [-0.3, -0.25) is 4.79 Å². The van der Waals surface area contributed by atoms with Crippen molar-refractivity contribution in [2.45, 2.75) is 219 Å². The van der Waals surface area contributed by atoms with Gasteiger partial charge in [-0.2, -0.15) is 0 Å². The SMILES string of the molecule is CCCCCCCC/C=C/CCCCCCCC(=O)N[C@@H](CO)[C@H](O)/C=C/CCCCCCCCCCCCCCCCC. The van der Waals surface area contributed by atoms with Crippen molar-refractivity contribution in [3.63, 3.8) is 0 Å². The number of hydrogen-bond donors (Lipinski definition) is 3. The van der Waals surface area contributed by atoms with E-state index in [1.165, 1.54) is 154 Å². The van der Waals surface area contributed by atoms with Gasteiger partial charge in [0.25, 0.3) is 0 Å². The molecule has 260 valence electrons. The van der Waals surface area contributed by atoms with Gasteiger partial charge in [0.2, 0.25) is 5.91 Å². The average Bonchev–Trinajstić information content (AvgIpc) is 3.03. The van der Waals surface area contributed by atoms with E-state index in [1.54, 1.807) is 6.08 Å². The van der Waals surface area contributed by atoms with Crippen LogP contribution in [0.4, 0.5) is 0 Å². The summed E-state index contributed by atoms with van der Waals surface area (Å²) in [6.45, 7) is 4.30. The summed E-state index contributed by atoms with van der Waals surface area (Å²) in [4.78, 5) is 12.3. The third kappa shape index (κ3) is 32.3. The Hall–Kier alpha value is -1.13. The van der Waals surface area contributed by atoms with Crippen molar-refractivity contribution in [3.05, 3.63) is 24.3 Å². The minimum atomic E-state index is -0.839. The predicted octanol–water partition coefficient (Wildman–Crippen LogP) is 11.7. The summed E-state index contributed by atoms with van der Waals surface area (Å²) in [5.74, 6) is -0.0727. The Balaban J connectivity index is 3.61. The number of carbonyl (C=O) groups excluding carboxylic acids is 1. The highest BCUT2D eigenvalue weighted by Gasteiger charge is 2.17. The van der Waals surface area contributed by atoms with E-state index in [0.717, 1.165) is 32.1 Å². The van der Waals surface area contributed by atoms with Crippen molar-refractivity contribution in [2.24, 2.45) is 0 Å². The Morgan fingerprint density at radius 2 is 0.864 bits per heavy atom. The third-order valence-corrected chi connectivity index (χ3v) is 8.93. The smallest absolute Gasteiger partial charge is 0.220 e. The van der Waals surface area contributed by atoms with Crippen LogP contribution in [0.3, 0.4) is 0 Å². The largest absolute Gasteiger partial charge is 0.394 e. The molecule has 0 aliphatic heterocycles. The van der Waals surface area contributed by atoms with Crippen LogP contribution in [-0.2, 0) is 4.79 Å². The van der Waals surface area contributed by atoms with E-state index in [-0.39, 0.29) is 12.5 Å². The third-order valence-electron chi connectivity index (χ3n) is 8.93. The molecule has 0 aliphatic rings. The van der Waals surface area contributed by atoms with Gasteiger partial charge >= 0.3 is 0 Å². The molecule has 0 aromatic heterocycles. The van der Waals surface area contributed by atoms with Crippen LogP contribution in [0.15, 0.2) is 24.3 Å². The van der Waals surface area contributed by atoms with E-state index in [1.807, 2.05) is 6.08 Å². The zero-order chi connectivity index (χ0) is 32.2. The molecule has 0 saturated heterocycles. The Morgan fingerprint density at radius 1 is 0.523 bits per heavy atom. The molecule has 0 rings (SSSR count). The van der Waals surface area contributed by atoms with Crippen LogP contribution in [-0.4, -0.2) is 34.9 Å². The van der Waals surface area contributed by atoms with E-state index in [9.17, 15) is 15.0 Å². The summed E-state index contributed by atoms with van der Waals surface area (Å²) in [6, 6.07) is -0.622. The van der Waals surface area contributed by atoms with Gasteiger partial charge in [-0.1, -0.05) is 179 Å². The molecule has 0 bridgehead atoms. The maximum absolute atomic E-state index is 12.3. The highest BCUT2D eigenvalue weighted by atomic mass is 16.3. The maximum Gasteiger partial charge on any atom is 0.220 e. The summed E-state index contributed by atoms with van der Waals surface area (Å²) < 4.78 is 0. The number of amides is 1. The number of nitrogens with one attached hydrogen (secondary N) is 1. The van der Waals surface area contributed by atoms with Gasteiger partial charge in [0.15, 0.2) is 0 Å². The second kappa shape index (κ2) is 36.3. The van der Waals surface area contributed by atoms with E-state index in [4.69, 9.17) is 0 Å². The van der Waals surface area contributed by atoms with Crippen LogP contribution < -0.4 is 5.32 Å². The number of carbonyl (C=O) groups is 1. The van der Waals surface area contributed by atoms with Gasteiger partial charge < -0.3 is 15.5 Å². The minimum Gasteiger partial charge on any atom is -0.394 e. The van der Waals surface area contributed by atoms with Crippen LogP contribution in [0.25, 0.3) is 0 Å². The molecule has 0 radical (unpaired) electrons. The number of aliphatic hydroxyl groups excluding tert-OH is 2. The lowest BCUT2D eigenvalue weighted by Crippen LogP contribution is -2.45. The summed E-state index contributed by atoms with van der Waals surface area (Å²) in [6.07, 6.45) is 45.5. The number of unbranched alkanes of at least 4 members (excludes halogenated alkanes) is 26. The molecule has 0 unspecified atom stereocenters. The second-order valence-corrected chi connectivity index (χ2v) is 13.3. The van der Waals surface area contributed by atoms with Gasteiger partial charge in [0.1, 0.15) is 0 Å². The first-order chi connectivity index (χ1) is 21.7. The van der Waals surface area contributed by atoms with Gasteiger partial charge in [-0.15, -0.1) is 0 Å². The van der Waals surface area contributed by atoms with E-state index in [0.29, 0.717) is 6.42 Å². The van der Waals surface area contributed by atoms with Gasteiger partial charge in [0.05, 0.1) is 18.8 Å². The fraction of sp³-hybridized carbons (Fsp3) is 0.875. The summed E-state index contributed by atoms with van der Waals surface area (Å²) in [5.41, 5.74) is 0. The van der Waals surface area contributed by atoms with Crippen LogP contribution in [0.1, 0.15) is 206 Å². The van der Waals surface area contributed by atoms with E-state index >= 15 is 0 Å². The van der Waals surface area contributed by atoms with Crippen molar-refractivity contribution in [1.82, 2.24) is 5.32 Å². The Kier molecular flexibility index (Phi) is 35.4. The normalized spacial score (nSPS) is 13.3. The zero-order valence-corrected chi connectivity index (χ0v) is 29.7. The summed E-state index contributed by atoms with van der Waals surface area (Å²) in [5, 5.41) is 22.9. The number of rotatable bonds is 35. The number of allylic oxidation sites excluding steroid dienone is 3. The van der Waals surface area contributed by atoms with Crippen LogP contribution in [0, 0.1) is 0 Å². The molecule has 3 N–H and O–H groups in total. The zero-order valence-electron chi connectivity index (χ0n) is 29.7. The molecule has 4 heteroatoms. The van der Waals surface area contributed by atoms with Crippen molar-refractivity contribution < 1.29 is 15.0 Å². The average molecular weight is 620 g/mol. The number of aliphatic hydroxyl groups is 2. The molecule has 1 amide bonds.